The summed E-state index contributed by atoms with van der Waals surface area (Å²) in [6, 6.07) is 17.9. The van der Waals surface area contributed by atoms with Crippen molar-refractivity contribution in [2.75, 3.05) is 14.2 Å². The number of hydrogen-bond acceptors (Lipinski definition) is 7. The van der Waals surface area contributed by atoms with E-state index in [1.165, 1.54) is 12.4 Å². The lowest BCUT2D eigenvalue weighted by Gasteiger charge is -2.20. The third kappa shape index (κ3) is 5.16. The average molecular weight is 457 g/mol. The molecule has 0 saturated carbocycles. The molecule has 4 rings (SSSR count). The quantitative estimate of drug-likeness (QED) is 0.418. The fourth-order valence-corrected chi connectivity index (χ4v) is 3.45. The van der Waals surface area contributed by atoms with Crippen molar-refractivity contribution in [1.82, 2.24) is 25.5 Å². The third-order valence-corrected chi connectivity index (χ3v) is 5.21. The van der Waals surface area contributed by atoms with Gasteiger partial charge in [0.15, 0.2) is 5.82 Å². The Morgan fingerprint density at radius 1 is 1.03 bits per heavy atom. The van der Waals surface area contributed by atoms with Crippen molar-refractivity contribution in [1.29, 1.82) is 0 Å². The number of carbonyl (C=O) groups is 1. The van der Waals surface area contributed by atoms with Gasteiger partial charge in [-0.05, 0) is 41.0 Å². The first-order valence-electron chi connectivity index (χ1n) is 10.5. The van der Waals surface area contributed by atoms with Crippen LogP contribution in [0, 0.1) is 0 Å². The second-order valence-corrected chi connectivity index (χ2v) is 7.44. The second kappa shape index (κ2) is 10.5. The minimum atomic E-state index is -0.572. The average Bonchev–Trinajstić information content (AvgIpc) is 2.88. The van der Waals surface area contributed by atoms with Gasteiger partial charge in [-0.1, -0.05) is 36.4 Å². The molecule has 2 aromatic heterocycles. The number of benzene rings is 2. The summed E-state index contributed by atoms with van der Waals surface area (Å²) in [5.74, 6) is 0.376. The van der Waals surface area contributed by atoms with Gasteiger partial charge in [-0.2, -0.15) is 5.10 Å². The van der Waals surface area contributed by atoms with Crippen LogP contribution in [0.25, 0.3) is 11.5 Å². The maximum atomic E-state index is 13.1. The molecule has 34 heavy (non-hydrogen) atoms. The van der Waals surface area contributed by atoms with Crippen LogP contribution in [0.4, 0.5) is 0 Å². The van der Waals surface area contributed by atoms with Crippen LogP contribution in [0.1, 0.15) is 33.1 Å². The van der Waals surface area contributed by atoms with Crippen LogP contribution < -0.4 is 15.6 Å². The van der Waals surface area contributed by atoms with Crippen LogP contribution in [0.15, 0.2) is 77.9 Å². The number of nitrogens with zero attached hydrogens (tertiary/aromatic N) is 3. The van der Waals surface area contributed by atoms with Crippen molar-refractivity contribution < 1.29 is 14.3 Å². The van der Waals surface area contributed by atoms with Gasteiger partial charge >= 0.3 is 0 Å². The van der Waals surface area contributed by atoms with E-state index in [0.29, 0.717) is 18.1 Å². The van der Waals surface area contributed by atoms with Crippen LogP contribution in [0.3, 0.4) is 0 Å². The minimum Gasteiger partial charge on any atom is -0.497 e. The van der Waals surface area contributed by atoms with Crippen molar-refractivity contribution >= 4 is 5.91 Å². The van der Waals surface area contributed by atoms with Gasteiger partial charge < -0.3 is 19.8 Å². The van der Waals surface area contributed by atoms with Gasteiger partial charge in [0.1, 0.15) is 17.0 Å². The normalized spacial score (nSPS) is 11.6. The lowest BCUT2D eigenvalue weighted by Crippen LogP contribution is -2.33. The van der Waals surface area contributed by atoms with E-state index in [1.54, 1.807) is 26.4 Å². The topological polar surface area (TPSA) is 119 Å². The summed E-state index contributed by atoms with van der Waals surface area (Å²) in [6.07, 6.45) is 2.76. The summed E-state index contributed by atoms with van der Waals surface area (Å²) in [7, 11) is 3.22. The predicted molar refractivity (Wildman–Crippen MR) is 125 cm³/mol. The van der Waals surface area contributed by atoms with E-state index in [4.69, 9.17) is 9.47 Å². The molecule has 0 aliphatic rings. The van der Waals surface area contributed by atoms with Crippen LogP contribution in [0.5, 0.6) is 5.75 Å². The zero-order chi connectivity index (χ0) is 23.9. The van der Waals surface area contributed by atoms with Crippen molar-refractivity contribution in [2.24, 2.45) is 0 Å². The summed E-state index contributed by atoms with van der Waals surface area (Å²) in [6.45, 7) is 0.485. The SMILES string of the molecule is COCc1ccc([C@@H](NC(=O)c2cnc(-c3cccnn3)[nH]c2=O)c2ccc(OC)cc2)cc1. The molecule has 0 saturated heterocycles. The fourth-order valence-electron chi connectivity index (χ4n) is 3.45. The number of aromatic nitrogens is 4. The van der Waals surface area contributed by atoms with Crippen molar-refractivity contribution in [2.45, 2.75) is 12.6 Å². The maximum Gasteiger partial charge on any atom is 0.264 e. The summed E-state index contributed by atoms with van der Waals surface area (Å²) in [5, 5.41) is 10.7. The first-order valence-corrected chi connectivity index (χ1v) is 10.5. The molecule has 0 bridgehead atoms. The van der Waals surface area contributed by atoms with Crippen molar-refractivity contribution in [3.63, 3.8) is 0 Å². The molecule has 0 aliphatic heterocycles. The zero-order valence-electron chi connectivity index (χ0n) is 18.7. The number of carbonyl (C=O) groups excluding carboxylic acids is 1. The molecule has 9 heteroatoms. The van der Waals surface area contributed by atoms with E-state index >= 15 is 0 Å². The lowest BCUT2D eigenvalue weighted by molar-refractivity contribution is 0.0941. The number of amides is 1. The van der Waals surface area contributed by atoms with Gasteiger partial charge in [0.25, 0.3) is 11.5 Å². The lowest BCUT2D eigenvalue weighted by atomic mass is 9.97. The Labute approximate surface area is 195 Å². The number of nitrogens with one attached hydrogen (secondary N) is 2. The van der Waals surface area contributed by atoms with E-state index in [-0.39, 0.29) is 11.4 Å². The Bertz CT molecular complexity index is 1310. The van der Waals surface area contributed by atoms with E-state index in [1.807, 2.05) is 48.5 Å². The molecular weight excluding hydrogens is 434 g/mol. The van der Waals surface area contributed by atoms with E-state index < -0.39 is 17.5 Å². The minimum absolute atomic E-state index is 0.109. The molecule has 9 nitrogen and oxygen atoms in total. The van der Waals surface area contributed by atoms with Crippen molar-refractivity contribution in [3.05, 3.63) is 106 Å². The Balaban J connectivity index is 1.64. The number of aromatic amines is 1. The van der Waals surface area contributed by atoms with E-state index in [2.05, 4.69) is 25.5 Å². The highest BCUT2D eigenvalue weighted by atomic mass is 16.5. The Kier molecular flexibility index (Phi) is 7.04. The smallest absolute Gasteiger partial charge is 0.264 e. The van der Waals surface area contributed by atoms with Crippen LogP contribution in [-0.4, -0.2) is 40.3 Å². The van der Waals surface area contributed by atoms with E-state index in [0.717, 1.165) is 16.7 Å². The predicted octanol–water partition coefficient (Wildman–Crippen LogP) is 2.90. The standard InChI is InChI=1S/C25H23N5O4/c1-33-15-16-5-7-17(8-6-16)22(18-9-11-19(34-2)12-10-18)28-24(31)20-14-26-23(29-25(20)32)21-4-3-13-27-30-21/h3-14,22H,15H2,1-2H3,(H,28,31)(H,26,29,32)/t22-/m1/s1. The molecule has 1 amide bonds. The molecule has 0 aliphatic carbocycles. The molecule has 0 fully saturated rings. The highest BCUT2D eigenvalue weighted by molar-refractivity contribution is 5.94. The molecule has 2 heterocycles. The van der Waals surface area contributed by atoms with Gasteiger partial charge in [-0.15, -0.1) is 5.10 Å². The largest absolute Gasteiger partial charge is 0.497 e. The first-order chi connectivity index (χ1) is 16.6. The second-order valence-electron chi connectivity index (χ2n) is 7.44. The number of hydrogen-bond donors (Lipinski definition) is 2. The van der Waals surface area contributed by atoms with Crippen molar-refractivity contribution in [3.8, 4) is 17.3 Å². The van der Waals surface area contributed by atoms with Gasteiger partial charge in [0.2, 0.25) is 0 Å². The van der Waals surface area contributed by atoms with Crippen LogP contribution in [0.2, 0.25) is 0 Å². The molecule has 0 unspecified atom stereocenters. The van der Waals surface area contributed by atoms with Gasteiger partial charge in [0.05, 0.1) is 19.8 Å². The van der Waals surface area contributed by atoms with Crippen LogP contribution in [-0.2, 0) is 11.3 Å². The third-order valence-electron chi connectivity index (χ3n) is 5.21. The monoisotopic (exact) mass is 457 g/mol. The molecule has 0 radical (unpaired) electrons. The summed E-state index contributed by atoms with van der Waals surface area (Å²) >= 11 is 0. The fraction of sp³-hybridized carbons (Fsp3) is 0.160. The molecule has 2 aromatic carbocycles. The summed E-state index contributed by atoms with van der Waals surface area (Å²) < 4.78 is 10.4. The Hall–Kier alpha value is -4.37. The number of rotatable bonds is 8. The molecule has 0 spiro atoms. The number of ether oxygens (including phenoxy) is 2. The highest BCUT2D eigenvalue weighted by Crippen LogP contribution is 2.25. The Morgan fingerprint density at radius 2 is 1.74 bits per heavy atom. The van der Waals surface area contributed by atoms with Gasteiger partial charge in [-0.25, -0.2) is 4.98 Å². The highest BCUT2D eigenvalue weighted by Gasteiger charge is 2.21. The van der Waals surface area contributed by atoms with Gasteiger partial charge in [0, 0.05) is 19.5 Å². The maximum absolute atomic E-state index is 13.1. The molecule has 1 atom stereocenters. The van der Waals surface area contributed by atoms with E-state index in [9.17, 15) is 9.59 Å². The molecule has 4 aromatic rings. The molecular formula is C25H23N5O4. The number of methoxy groups -OCH3 is 2. The Morgan fingerprint density at radius 3 is 2.32 bits per heavy atom. The molecule has 2 N–H and O–H groups in total. The first kappa shape index (κ1) is 22.8. The van der Waals surface area contributed by atoms with Gasteiger partial charge in [-0.3, -0.25) is 9.59 Å². The van der Waals surface area contributed by atoms with Crippen LogP contribution >= 0.6 is 0 Å². The summed E-state index contributed by atoms with van der Waals surface area (Å²) in [4.78, 5) is 32.6. The summed E-state index contributed by atoms with van der Waals surface area (Å²) in [5.41, 5.74) is 2.40. The zero-order valence-corrected chi connectivity index (χ0v) is 18.7. The number of H-pyrrole nitrogens is 1. The molecule has 172 valence electrons.